The van der Waals surface area contributed by atoms with Gasteiger partial charge in [-0.25, -0.2) is 0 Å². The Morgan fingerprint density at radius 2 is 2.08 bits per heavy atom. The van der Waals surface area contributed by atoms with Crippen LogP contribution in [0.25, 0.3) is 0 Å². The van der Waals surface area contributed by atoms with Crippen molar-refractivity contribution in [1.82, 2.24) is 10.2 Å². The molecule has 0 aromatic rings. The standard InChI is InChI=1S/C10H21N3/c1-9(6-7-12-8-11)13(5)10(2,3)4/h6-7,12H,1,8,11H2,2-5H3/b7-6-. The average Bonchev–Trinajstić information content (AvgIpc) is 2.01. The highest BCUT2D eigenvalue weighted by atomic mass is 15.2. The Labute approximate surface area is 81.3 Å². The van der Waals surface area contributed by atoms with Crippen molar-refractivity contribution in [2.75, 3.05) is 13.7 Å². The van der Waals surface area contributed by atoms with E-state index in [1.165, 1.54) is 0 Å². The molecule has 0 bridgehead atoms. The summed E-state index contributed by atoms with van der Waals surface area (Å²) in [6.07, 6.45) is 3.72. The van der Waals surface area contributed by atoms with Crippen LogP contribution in [0.15, 0.2) is 24.6 Å². The van der Waals surface area contributed by atoms with Crippen molar-refractivity contribution in [3.63, 3.8) is 0 Å². The third kappa shape index (κ3) is 4.58. The predicted octanol–water partition coefficient (Wildman–Crippen LogP) is 1.25. The van der Waals surface area contributed by atoms with Crippen LogP contribution in [0, 0.1) is 0 Å². The lowest BCUT2D eigenvalue weighted by Gasteiger charge is -2.34. The van der Waals surface area contributed by atoms with Gasteiger partial charge in [-0.3, -0.25) is 0 Å². The van der Waals surface area contributed by atoms with Crippen molar-refractivity contribution in [1.29, 1.82) is 0 Å². The molecule has 3 heteroatoms. The van der Waals surface area contributed by atoms with E-state index in [4.69, 9.17) is 5.73 Å². The summed E-state index contributed by atoms with van der Waals surface area (Å²) in [6, 6.07) is 0. The first-order valence-corrected chi connectivity index (χ1v) is 4.42. The lowest BCUT2D eigenvalue weighted by Crippen LogP contribution is -2.36. The highest BCUT2D eigenvalue weighted by molar-refractivity contribution is 5.14. The van der Waals surface area contributed by atoms with E-state index in [1.807, 2.05) is 19.3 Å². The maximum Gasteiger partial charge on any atom is 0.0622 e. The van der Waals surface area contributed by atoms with Crippen LogP contribution in [-0.4, -0.2) is 24.2 Å². The van der Waals surface area contributed by atoms with Gasteiger partial charge in [-0.15, -0.1) is 0 Å². The van der Waals surface area contributed by atoms with E-state index >= 15 is 0 Å². The van der Waals surface area contributed by atoms with E-state index in [0.717, 1.165) is 5.70 Å². The van der Waals surface area contributed by atoms with Crippen LogP contribution in [0.1, 0.15) is 20.8 Å². The van der Waals surface area contributed by atoms with Gasteiger partial charge in [0.15, 0.2) is 0 Å². The molecule has 0 aromatic heterocycles. The fourth-order valence-electron chi connectivity index (χ4n) is 0.766. The van der Waals surface area contributed by atoms with Crippen LogP contribution in [0.5, 0.6) is 0 Å². The smallest absolute Gasteiger partial charge is 0.0622 e. The van der Waals surface area contributed by atoms with Crippen LogP contribution in [0.2, 0.25) is 0 Å². The van der Waals surface area contributed by atoms with Gasteiger partial charge in [0.1, 0.15) is 0 Å². The molecular formula is C10H21N3. The molecular weight excluding hydrogens is 162 g/mol. The van der Waals surface area contributed by atoms with Crippen LogP contribution in [0.3, 0.4) is 0 Å². The first-order valence-electron chi connectivity index (χ1n) is 4.42. The van der Waals surface area contributed by atoms with Gasteiger partial charge in [-0.05, 0) is 33.0 Å². The molecule has 0 unspecified atom stereocenters. The summed E-state index contributed by atoms with van der Waals surface area (Å²) in [5, 5.41) is 2.90. The van der Waals surface area contributed by atoms with Crippen molar-refractivity contribution in [3.05, 3.63) is 24.6 Å². The molecule has 0 spiro atoms. The summed E-state index contributed by atoms with van der Waals surface area (Å²) in [6.45, 7) is 10.8. The zero-order valence-corrected chi connectivity index (χ0v) is 9.09. The summed E-state index contributed by atoms with van der Waals surface area (Å²) in [4.78, 5) is 2.11. The minimum Gasteiger partial charge on any atom is -0.379 e. The van der Waals surface area contributed by atoms with Gasteiger partial charge in [-0.2, -0.15) is 0 Å². The molecule has 0 atom stereocenters. The fraction of sp³-hybridized carbons (Fsp3) is 0.600. The van der Waals surface area contributed by atoms with E-state index in [0.29, 0.717) is 6.67 Å². The van der Waals surface area contributed by atoms with Gasteiger partial charge in [0.25, 0.3) is 0 Å². The Morgan fingerprint density at radius 3 is 2.46 bits per heavy atom. The number of nitrogens with one attached hydrogen (secondary N) is 1. The van der Waals surface area contributed by atoms with Crippen LogP contribution >= 0.6 is 0 Å². The van der Waals surface area contributed by atoms with Crippen molar-refractivity contribution >= 4 is 0 Å². The number of likely N-dealkylation sites (N-methyl/N-ethyl adjacent to an activating group) is 1. The van der Waals surface area contributed by atoms with Gasteiger partial charge >= 0.3 is 0 Å². The molecule has 3 N–H and O–H groups in total. The number of nitrogens with two attached hydrogens (primary N) is 1. The molecule has 0 aromatic carbocycles. The predicted molar refractivity (Wildman–Crippen MR) is 58.0 cm³/mol. The Balaban J connectivity index is 4.12. The number of hydrogen-bond acceptors (Lipinski definition) is 3. The lowest BCUT2D eigenvalue weighted by molar-refractivity contribution is 0.235. The topological polar surface area (TPSA) is 41.3 Å². The second-order valence-electron chi connectivity index (χ2n) is 3.96. The second-order valence-corrected chi connectivity index (χ2v) is 3.96. The zero-order valence-electron chi connectivity index (χ0n) is 9.09. The molecule has 0 rings (SSSR count). The number of nitrogens with zero attached hydrogens (tertiary/aromatic N) is 1. The molecule has 0 fully saturated rings. The fourth-order valence-corrected chi connectivity index (χ4v) is 0.766. The largest absolute Gasteiger partial charge is 0.379 e. The molecule has 76 valence electrons. The van der Waals surface area contributed by atoms with Crippen molar-refractivity contribution < 1.29 is 0 Å². The molecule has 0 aliphatic carbocycles. The third-order valence-electron chi connectivity index (χ3n) is 1.95. The van der Waals surface area contributed by atoms with E-state index in [9.17, 15) is 0 Å². The molecule has 0 heterocycles. The van der Waals surface area contributed by atoms with Gasteiger partial charge in [0.05, 0.1) is 6.67 Å². The molecule has 0 amide bonds. The normalized spacial score (nSPS) is 11.8. The molecule has 0 saturated heterocycles. The Hall–Kier alpha value is -0.960. The summed E-state index contributed by atoms with van der Waals surface area (Å²) in [7, 11) is 2.02. The molecule has 0 aliphatic rings. The van der Waals surface area contributed by atoms with E-state index in [2.05, 4.69) is 37.6 Å². The van der Waals surface area contributed by atoms with E-state index < -0.39 is 0 Å². The average molecular weight is 183 g/mol. The highest BCUT2D eigenvalue weighted by Crippen LogP contribution is 2.15. The molecule has 0 radical (unpaired) electrons. The maximum atomic E-state index is 5.27. The molecule has 13 heavy (non-hydrogen) atoms. The van der Waals surface area contributed by atoms with E-state index in [1.54, 1.807) is 0 Å². The lowest BCUT2D eigenvalue weighted by atomic mass is 10.1. The second kappa shape index (κ2) is 4.92. The summed E-state index contributed by atoms with van der Waals surface area (Å²) >= 11 is 0. The highest BCUT2D eigenvalue weighted by Gasteiger charge is 2.16. The van der Waals surface area contributed by atoms with E-state index in [-0.39, 0.29) is 5.54 Å². The number of hydrogen-bond donors (Lipinski definition) is 2. The van der Waals surface area contributed by atoms with Gasteiger partial charge < -0.3 is 16.0 Å². The Bertz CT molecular complexity index is 189. The van der Waals surface area contributed by atoms with Crippen LogP contribution < -0.4 is 11.1 Å². The maximum absolute atomic E-state index is 5.27. The minimum absolute atomic E-state index is 0.101. The van der Waals surface area contributed by atoms with Crippen molar-refractivity contribution in [2.45, 2.75) is 26.3 Å². The summed E-state index contributed by atoms with van der Waals surface area (Å²) in [5.74, 6) is 0. The summed E-state index contributed by atoms with van der Waals surface area (Å²) in [5.41, 5.74) is 6.34. The third-order valence-corrected chi connectivity index (χ3v) is 1.95. The van der Waals surface area contributed by atoms with Gasteiger partial charge in [0, 0.05) is 18.3 Å². The quantitative estimate of drug-likeness (QED) is 0.509. The molecule has 0 saturated carbocycles. The van der Waals surface area contributed by atoms with Gasteiger partial charge in [0.2, 0.25) is 0 Å². The molecule has 0 aliphatic heterocycles. The van der Waals surface area contributed by atoms with Gasteiger partial charge in [-0.1, -0.05) is 6.58 Å². The Morgan fingerprint density at radius 1 is 1.54 bits per heavy atom. The summed E-state index contributed by atoms with van der Waals surface area (Å²) < 4.78 is 0. The van der Waals surface area contributed by atoms with Crippen LogP contribution in [0.4, 0.5) is 0 Å². The Kier molecular flexibility index (Phi) is 4.56. The zero-order chi connectivity index (χ0) is 10.5. The van der Waals surface area contributed by atoms with Crippen LogP contribution in [-0.2, 0) is 0 Å². The SMILES string of the molecule is C=C(/C=C\NCN)N(C)C(C)(C)C. The minimum atomic E-state index is 0.101. The number of allylic oxidation sites excluding steroid dienone is 1. The van der Waals surface area contributed by atoms with Crippen molar-refractivity contribution in [2.24, 2.45) is 5.73 Å². The number of rotatable bonds is 4. The first kappa shape index (κ1) is 12.0. The first-order chi connectivity index (χ1) is 5.89. The monoisotopic (exact) mass is 183 g/mol. The molecule has 3 nitrogen and oxygen atoms in total. The van der Waals surface area contributed by atoms with Crippen molar-refractivity contribution in [3.8, 4) is 0 Å².